The van der Waals surface area contributed by atoms with Gasteiger partial charge in [0, 0.05) is 0 Å². The molecule has 1 aromatic heterocycles. The Kier molecular flexibility index (Phi) is 2.25. The van der Waals surface area contributed by atoms with Crippen LogP contribution in [0.1, 0.15) is 5.69 Å². The third kappa shape index (κ3) is 1.39. The molecule has 0 radical (unpaired) electrons. The zero-order valence-electron chi connectivity index (χ0n) is 6.79. The van der Waals surface area contributed by atoms with E-state index < -0.39 is 0 Å². The summed E-state index contributed by atoms with van der Waals surface area (Å²) in [5.74, 6) is 1.25. The SMILES string of the molecule is COc1cnnc(C)c1OC. The van der Waals surface area contributed by atoms with Crippen molar-refractivity contribution in [2.75, 3.05) is 14.2 Å². The molecule has 11 heavy (non-hydrogen) atoms. The van der Waals surface area contributed by atoms with E-state index in [2.05, 4.69) is 10.2 Å². The zero-order chi connectivity index (χ0) is 8.27. The average Bonchev–Trinajstić information content (AvgIpc) is 2.04. The van der Waals surface area contributed by atoms with Crippen molar-refractivity contribution in [1.82, 2.24) is 10.2 Å². The Hall–Kier alpha value is -1.32. The lowest BCUT2D eigenvalue weighted by molar-refractivity contribution is 0.348. The topological polar surface area (TPSA) is 44.2 Å². The minimum atomic E-state index is 0.611. The fourth-order valence-corrected chi connectivity index (χ4v) is 0.844. The van der Waals surface area contributed by atoms with Gasteiger partial charge in [0.15, 0.2) is 11.5 Å². The highest BCUT2D eigenvalue weighted by atomic mass is 16.5. The number of hydrogen-bond donors (Lipinski definition) is 0. The largest absolute Gasteiger partial charge is 0.491 e. The lowest BCUT2D eigenvalue weighted by atomic mass is 10.3. The van der Waals surface area contributed by atoms with E-state index >= 15 is 0 Å². The van der Waals surface area contributed by atoms with E-state index in [1.165, 1.54) is 6.20 Å². The normalized spacial score (nSPS) is 9.36. The van der Waals surface area contributed by atoms with E-state index in [1.807, 2.05) is 6.92 Å². The van der Waals surface area contributed by atoms with Gasteiger partial charge in [-0.15, -0.1) is 0 Å². The molecule has 0 amide bonds. The van der Waals surface area contributed by atoms with E-state index in [0.717, 1.165) is 5.69 Å². The Morgan fingerprint density at radius 2 is 2.00 bits per heavy atom. The van der Waals surface area contributed by atoms with Crippen LogP contribution in [0.25, 0.3) is 0 Å². The van der Waals surface area contributed by atoms with Crippen LogP contribution in [0, 0.1) is 6.92 Å². The molecule has 1 aromatic rings. The summed E-state index contributed by atoms with van der Waals surface area (Å²) in [6.45, 7) is 1.81. The van der Waals surface area contributed by atoms with Gasteiger partial charge in [-0.2, -0.15) is 10.2 Å². The predicted molar refractivity (Wildman–Crippen MR) is 39.9 cm³/mol. The van der Waals surface area contributed by atoms with Crippen LogP contribution in [0.5, 0.6) is 11.5 Å². The van der Waals surface area contributed by atoms with Crippen molar-refractivity contribution in [2.24, 2.45) is 0 Å². The summed E-state index contributed by atoms with van der Waals surface area (Å²) in [5.41, 5.74) is 0.729. The van der Waals surface area contributed by atoms with Gasteiger partial charge < -0.3 is 9.47 Å². The summed E-state index contributed by atoms with van der Waals surface area (Å²) in [6, 6.07) is 0. The van der Waals surface area contributed by atoms with Gasteiger partial charge in [-0.1, -0.05) is 0 Å². The monoisotopic (exact) mass is 154 g/mol. The summed E-state index contributed by atoms with van der Waals surface area (Å²) >= 11 is 0. The standard InChI is InChI=1S/C7H10N2O2/c1-5-7(11-3)6(10-2)4-8-9-5/h4H,1-3H3. The van der Waals surface area contributed by atoms with Crippen molar-refractivity contribution in [3.8, 4) is 11.5 Å². The summed E-state index contributed by atoms with van der Waals surface area (Å²) in [4.78, 5) is 0. The van der Waals surface area contributed by atoms with Crippen molar-refractivity contribution in [1.29, 1.82) is 0 Å². The number of methoxy groups -OCH3 is 2. The van der Waals surface area contributed by atoms with E-state index in [-0.39, 0.29) is 0 Å². The lowest BCUT2D eigenvalue weighted by Crippen LogP contribution is -1.96. The van der Waals surface area contributed by atoms with E-state index in [4.69, 9.17) is 9.47 Å². The Morgan fingerprint density at radius 1 is 1.27 bits per heavy atom. The Morgan fingerprint density at radius 3 is 2.45 bits per heavy atom. The third-order valence-corrected chi connectivity index (χ3v) is 1.36. The molecule has 0 aliphatic heterocycles. The fourth-order valence-electron chi connectivity index (χ4n) is 0.844. The first-order chi connectivity index (χ1) is 5.29. The predicted octanol–water partition coefficient (Wildman–Crippen LogP) is 0.802. The van der Waals surface area contributed by atoms with Gasteiger partial charge in [0.2, 0.25) is 0 Å². The minimum absolute atomic E-state index is 0.611. The molecule has 0 atom stereocenters. The smallest absolute Gasteiger partial charge is 0.185 e. The van der Waals surface area contributed by atoms with Crippen molar-refractivity contribution in [2.45, 2.75) is 6.92 Å². The highest BCUT2D eigenvalue weighted by molar-refractivity contribution is 5.39. The molecule has 0 aromatic carbocycles. The molecule has 0 spiro atoms. The number of aromatic nitrogens is 2. The number of rotatable bonds is 2. The molecule has 0 fully saturated rings. The molecular formula is C7H10N2O2. The van der Waals surface area contributed by atoms with Gasteiger partial charge in [0.1, 0.15) is 5.69 Å². The maximum absolute atomic E-state index is 5.04. The Bertz CT molecular complexity index is 250. The second-order valence-electron chi connectivity index (χ2n) is 2.03. The molecule has 1 heterocycles. The highest BCUT2D eigenvalue weighted by Gasteiger charge is 2.06. The van der Waals surface area contributed by atoms with Crippen LogP contribution in [0.2, 0.25) is 0 Å². The van der Waals surface area contributed by atoms with Crippen LogP contribution in [0.15, 0.2) is 6.20 Å². The molecule has 0 saturated carbocycles. The van der Waals surface area contributed by atoms with Gasteiger partial charge in [-0.05, 0) is 6.92 Å². The molecule has 1 rings (SSSR count). The number of nitrogens with zero attached hydrogens (tertiary/aromatic N) is 2. The van der Waals surface area contributed by atoms with Crippen molar-refractivity contribution in [3.63, 3.8) is 0 Å². The summed E-state index contributed by atoms with van der Waals surface area (Å²) in [6.07, 6.45) is 1.52. The molecule has 0 bridgehead atoms. The Balaban J connectivity index is 3.13. The fraction of sp³-hybridized carbons (Fsp3) is 0.429. The van der Waals surface area contributed by atoms with Crippen molar-refractivity contribution in [3.05, 3.63) is 11.9 Å². The third-order valence-electron chi connectivity index (χ3n) is 1.36. The summed E-state index contributed by atoms with van der Waals surface area (Å²) in [5, 5.41) is 7.51. The molecule has 4 nitrogen and oxygen atoms in total. The first kappa shape index (κ1) is 7.78. The average molecular weight is 154 g/mol. The van der Waals surface area contributed by atoms with Gasteiger partial charge in [0.25, 0.3) is 0 Å². The van der Waals surface area contributed by atoms with Crippen LogP contribution in [0.4, 0.5) is 0 Å². The molecule has 0 aliphatic carbocycles. The molecule has 0 saturated heterocycles. The Labute approximate surface area is 65.2 Å². The van der Waals surface area contributed by atoms with Crippen LogP contribution >= 0.6 is 0 Å². The van der Waals surface area contributed by atoms with Gasteiger partial charge in [-0.3, -0.25) is 0 Å². The summed E-state index contributed by atoms with van der Waals surface area (Å²) in [7, 11) is 3.14. The second-order valence-corrected chi connectivity index (χ2v) is 2.03. The molecule has 0 N–H and O–H groups in total. The maximum Gasteiger partial charge on any atom is 0.185 e. The first-order valence-corrected chi connectivity index (χ1v) is 3.20. The zero-order valence-corrected chi connectivity index (χ0v) is 6.79. The van der Waals surface area contributed by atoms with Crippen LogP contribution in [-0.4, -0.2) is 24.4 Å². The molecule has 0 aliphatic rings. The molecular weight excluding hydrogens is 144 g/mol. The lowest BCUT2D eigenvalue weighted by Gasteiger charge is -2.06. The molecule has 60 valence electrons. The van der Waals surface area contributed by atoms with Crippen LogP contribution in [-0.2, 0) is 0 Å². The highest BCUT2D eigenvalue weighted by Crippen LogP contribution is 2.26. The van der Waals surface area contributed by atoms with E-state index in [1.54, 1.807) is 14.2 Å². The molecule has 0 unspecified atom stereocenters. The first-order valence-electron chi connectivity index (χ1n) is 3.20. The van der Waals surface area contributed by atoms with E-state index in [0.29, 0.717) is 11.5 Å². The number of ether oxygens (including phenoxy) is 2. The van der Waals surface area contributed by atoms with Crippen molar-refractivity contribution < 1.29 is 9.47 Å². The minimum Gasteiger partial charge on any atom is -0.491 e. The van der Waals surface area contributed by atoms with Gasteiger partial charge >= 0.3 is 0 Å². The van der Waals surface area contributed by atoms with Crippen LogP contribution < -0.4 is 9.47 Å². The molecule has 4 heteroatoms. The van der Waals surface area contributed by atoms with Gasteiger partial charge in [-0.25, -0.2) is 0 Å². The van der Waals surface area contributed by atoms with Crippen molar-refractivity contribution >= 4 is 0 Å². The summed E-state index contributed by atoms with van der Waals surface area (Å²) < 4.78 is 10.0. The second kappa shape index (κ2) is 3.18. The van der Waals surface area contributed by atoms with Crippen LogP contribution in [0.3, 0.4) is 0 Å². The number of hydrogen-bond acceptors (Lipinski definition) is 4. The van der Waals surface area contributed by atoms with Gasteiger partial charge in [0.05, 0.1) is 20.4 Å². The van der Waals surface area contributed by atoms with E-state index in [9.17, 15) is 0 Å². The number of aryl methyl sites for hydroxylation is 1. The maximum atomic E-state index is 5.04. The quantitative estimate of drug-likeness (QED) is 0.632.